The molecule has 3 rings (SSSR count). The molecule has 0 amide bonds. The van der Waals surface area contributed by atoms with E-state index in [0.29, 0.717) is 16.6 Å². The smallest absolute Gasteiger partial charge is 0.144 e. The fourth-order valence-corrected chi connectivity index (χ4v) is 3.13. The monoisotopic (exact) mass is 270 g/mol. The van der Waals surface area contributed by atoms with E-state index in [0.717, 1.165) is 16.6 Å². The lowest BCUT2D eigenvalue weighted by atomic mass is 10.1. The van der Waals surface area contributed by atoms with Gasteiger partial charge in [-0.05, 0) is 11.4 Å². The summed E-state index contributed by atoms with van der Waals surface area (Å²) in [6.07, 6.45) is 0. The predicted molar refractivity (Wildman–Crippen MR) is 65.7 cm³/mol. The number of hydrogen-bond donors (Lipinski definition) is 0. The molecule has 0 fully saturated rings. The van der Waals surface area contributed by atoms with Crippen molar-refractivity contribution in [3.63, 3.8) is 0 Å². The molecule has 0 aliphatic carbocycles. The van der Waals surface area contributed by atoms with Crippen molar-refractivity contribution in [1.82, 2.24) is 8.75 Å². The molecule has 0 unspecified atom stereocenters. The Kier molecular flexibility index (Phi) is 2.38. The van der Waals surface area contributed by atoms with Gasteiger partial charge in [-0.3, -0.25) is 0 Å². The largest absolute Gasteiger partial charge is 0.205 e. The van der Waals surface area contributed by atoms with Gasteiger partial charge in [0.15, 0.2) is 0 Å². The third kappa shape index (κ3) is 1.43. The normalized spacial score (nSPS) is 11.1. The van der Waals surface area contributed by atoms with Gasteiger partial charge in [0, 0.05) is 16.5 Å². The topological polar surface area (TPSA) is 25.8 Å². The van der Waals surface area contributed by atoms with Gasteiger partial charge in [0.05, 0.1) is 16.8 Å². The van der Waals surface area contributed by atoms with Gasteiger partial charge in [0.2, 0.25) is 0 Å². The Morgan fingerprint density at radius 2 is 2.19 bits per heavy atom. The minimum Gasteiger partial charge on any atom is -0.205 e. The van der Waals surface area contributed by atoms with Gasteiger partial charge in [-0.25, -0.2) is 4.39 Å². The Morgan fingerprint density at radius 3 is 2.94 bits per heavy atom. The van der Waals surface area contributed by atoms with Crippen molar-refractivity contribution in [3.05, 3.63) is 34.4 Å². The highest BCUT2D eigenvalue weighted by Crippen LogP contribution is 2.38. The van der Waals surface area contributed by atoms with E-state index in [4.69, 9.17) is 11.6 Å². The van der Waals surface area contributed by atoms with Crippen LogP contribution in [0.15, 0.2) is 23.6 Å². The lowest BCUT2D eigenvalue weighted by Gasteiger charge is -2.03. The summed E-state index contributed by atoms with van der Waals surface area (Å²) < 4.78 is 21.8. The van der Waals surface area contributed by atoms with Gasteiger partial charge in [0.25, 0.3) is 0 Å². The maximum absolute atomic E-state index is 13.6. The molecule has 2 heterocycles. The molecule has 80 valence electrons. The second-order valence-electron chi connectivity index (χ2n) is 3.16. The minimum atomic E-state index is -0.453. The molecule has 16 heavy (non-hydrogen) atoms. The molecule has 0 atom stereocenters. The van der Waals surface area contributed by atoms with Crippen molar-refractivity contribution in [2.45, 2.75) is 0 Å². The molecule has 0 saturated carbocycles. The van der Waals surface area contributed by atoms with E-state index in [9.17, 15) is 4.39 Å². The molecule has 2 aromatic heterocycles. The van der Waals surface area contributed by atoms with Crippen LogP contribution in [0.2, 0.25) is 5.02 Å². The number of halogens is 2. The number of nitrogens with zero attached hydrogens (tertiary/aromatic N) is 2. The molecular weight excluding hydrogens is 267 g/mol. The molecule has 0 aliphatic rings. The van der Waals surface area contributed by atoms with E-state index in [1.807, 2.05) is 17.5 Å². The van der Waals surface area contributed by atoms with Crippen molar-refractivity contribution in [2.24, 2.45) is 0 Å². The summed E-state index contributed by atoms with van der Waals surface area (Å²) in [5, 5.41) is 2.03. The van der Waals surface area contributed by atoms with Crippen LogP contribution in [0.1, 0.15) is 0 Å². The van der Waals surface area contributed by atoms with Crippen LogP contribution in [-0.2, 0) is 0 Å². The lowest BCUT2D eigenvalue weighted by molar-refractivity contribution is 0.630. The molecule has 1 aromatic carbocycles. The van der Waals surface area contributed by atoms with Crippen LogP contribution in [0.5, 0.6) is 0 Å². The third-order valence-corrected chi connectivity index (χ3v) is 4.01. The Balaban J connectivity index is 2.45. The number of hydrogen-bond acceptors (Lipinski definition) is 4. The number of benzene rings is 1. The van der Waals surface area contributed by atoms with Crippen molar-refractivity contribution >= 4 is 45.7 Å². The molecule has 0 N–H and O–H groups in total. The summed E-state index contributed by atoms with van der Waals surface area (Å²) in [7, 11) is 0. The number of thiophene rings is 1. The quantitative estimate of drug-likeness (QED) is 0.662. The lowest BCUT2D eigenvalue weighted by Crippen LogP contribution is -1.85. The molecule has 6 heteroatoms. The fourth-order valence-electron chi connectivity index (χ4n) is 1.52. The van der Waals surface area contributed by atoms with Gasteiger partial charge >= 0.3 is 0 Å². The van der Waals surface area contributed by atoms with Crippen LogP contribution in [0.3, 0.4) is 0 Å². The van der Waals surface area contributed by atoms with Crippen molar-refractivity contribution in [1.29, 1.82) is 0 Å². The fraction of sp³-hybridized carbons (Fsp3) is 0. The number of aromatic nitrogens is 2. The van der Waals surface area contributed by atoms with E-state index in [1.54, 1.807) is 0 Å². The average Bonchev–Trinajstić information content (AvgIpc) is 2.89. The predicted octanol–water partition coefficient (Wildman–Crippen LogP) is 4.21. The highest BCUT2D eigenvalue weighted by Gasteiger charge is 2.17. The first kappa shape index (κ1) is 10.1. The van der Waals surface area contributed by atoms with Crippen LogP contribution >= 0.6 is 34.7 Å². The van der Waals surface area contributed by atoms with Crippen LogP contribution in [0.4, 0.5) is 4.39 Å². The van der Waals surface area contributed by atoms with Crippen LogP contribution in [-0.4, -0.2) is 8.75 Å². The molecule has 0 spiro atoms. The summed E-state index contributed by atoms with van der Waals surface area (Å²) in [6, 6.07) is 5.11. The summed E-state index contributed by atoms with van der Waals surface area (Å²) in [6.45, 7) is 0. The molecule has 3 aromatic rings. The van der Waals surface area contributed by atoms with Gasteiger partial charge in [-0.2, -0.15) is 8.75 Å². The Bertz CT molecular complexity index is 648. The number of rotatable bonds is 1. The second-order valence-corrected chi connectivity index (χ2v) is 5.01. The zero-order valence-corrected chi connectivity index (χ0v) is 10.2. The van der Waals surface area contributed by atoms with E-state index in [-0.39, 0.29) is 5.02 Å². The molecule has 0 radical (unpaired) electrons. The zero-order valence-electron chi connectivity index (χ0n) is 7.78. The van der Waals surface area contributed by atoms with Crippen LogP contribution in [0.25, 0.3) is 21.5 Å². The maximum atomic E-state index is 13.6. The molecule has 2 nitrogen and oxygen atoms in total. The first-order valence-corrected chi connectivity index (χ1v) is 6.40. The van der Waals surface area contributed by atoms with Gasteiger partial charge < -0.3 is 0 Å². The highest BCUT2D eigenvalue weighted by molar-refractivity contribution is 7.13. The zero-order chi connectivity index (χ0) is 11.1. The van der Waals surface area contributed by atoms with E-state index < -0.39 is 5.82 Å². The molecule has 0 aliphatic heterocycles. The van der Waals surface area contributed by atoms with Crippen molar-refractivity contribution < 1.29 is 4.39 Å². The van der Waals surface area contributed by atoms with Gasteiger partial charge in [-0.1, -0.05) is 17.7 Å². The first-order valence-electron chi connectivity index (χ1n) is 4.41. The Hall–Kier alpha value is -1.04. The first-order chi connectivity index (χ1) is 7.77. The summed E-state index contributed by atoms with van der Waals surface area (Å²) in [5.74, 6) is -0.453. The van der Waals surface area contributed by atoms with E-state index >= 15 is 0 Å². The summed E-state index contributed by atoms with van der Waals surface area (Å²) in [5.41, 5.74) is 1.86. The van der Waals surface area contributed by atoms with Gasteiger partial charge in [-0.15, -0.1) is 11.3 Å². The van der Waals surface area contributed by atoms with Gasteiger partial charge in [0.1, 0.15) is 16.9 Å². The summed E-state index contributed by atoms with van der Waals surface area (Å²) >= 11 is 8.55. The maximum Gasteiger partial charge on any atom is 0.144 e. The van der Waals surface area contributed by atoms with Crippen LogP contribution in [0, 0.1) is 5.82 Å². The minimum absolute atomic E-state index is 0.114. The SMILES string of the molecule is Fc1cc2nsnc2c(-c2cccs2)c1Cl. The standard InChI is InChI=1S/C10H4ClFN2S2/c11-9-5(12)4-6-10(14-16-13-6)8(9)7-2-1-3-15-7/h1-4H. The van der Waals surface area contributed by atoms with Crippen molar-refractivity contribution in [2.75, 3.05) is 0 Å². The Labute approximate surface area is 104 Å². The average molecular weight is 271 g/mol. The van der Waals surface area contributed by atoms with Crippen LogP contribution < -0.4 is 0 Å². The third-order valence-electron chi connectivity index (χ3n) is 2.21. The van der Waals surface area contributed by atoms with Crippen molar-refractivity contribution in [3.8, 4) is 10.4 Å². The second kappa shape index (κ2) is 3.76. The van der Waals surface area contributed by atoms with E-state index in [1.165, 1.54) is 17.4 Å². The van der Waals surface area contributed by atoms with E-state index in [2.05, 4.69) is 8.75 Å². The molecule has 0 bridgehead atoms. The molecule has 0 saturated heterocycles. The highest BCUT2D eigenvalue weighted by atomic mass is 35.5. The molecular formula is C10H4ClFN2S2. The number of fused-ring (bicyclic) bond motifs is 1. The Morgan fingerprint density at radius 1 is 1.31 bits per heavy atom. The summed E-state index contributed by atoms with van der Waals surface area (Å²) in [4.78, 5) is 0.905.